The predicted octanol–water partition coefficient (Wildman–Crippen LogP) is 16.0. The largest absolute Gasteiger partial charge is 0.508 e. The number of aryl methyl sites for hydroxylation is 1. The lowest BCUT2D eigenvalue weighted by molar-refractivity contribution is -0.00734. The van der Waals surface area contributed by atoms with Crippen LogP contribution in [-0.4, -0.2) is 64.3 Å². The van der Waals surface area contributed by atoms with E-state index >= 15 is 0 Å². The van der Waals surface area contributed by atoms with Crippen molar-refractivity contribution in [3.05, 3.63) is 189 Å². The number of furan rings is 3. The normalized spacial score (nSPS) is 25.4. The lowest BCUT2D eigenvalue weighted by atomic mass is 9.63. The second-order valence-electron chi connectivity index (χ2n) is 26.3. The fraction of sp³-hybridized carbons (Fsp3) is 0.437. The van der Waals surface area contributed by atoms with E-state index < -0.39 is 57.4 Å². The van der Waals surface area contributed by atoms with Gasteiger partial charge in [0.25, 0.3) is 0 Å². The Morgan fingerprint density at radius 1 is 0.488 bits per heavy atom. The SMILES string of the molecule is CCC1C2C=CC(C(C)c3c(O)ccc(C(c4ccco4)c4c(O)c(C(c5ccco5)c5cc(C(c6c(O)ccc(C)c6O)C67C=CC(O6)C(CC)C7CC)c(O)c(C(c6ccco6)C(C)(C)C)c5O)cc(C(C)(C)C)c4O)c3O)(O2)C1CC. The fourth-order valence-corrected chi connectivity index (χ4v) is 16.0. The average Bonchev–Trinajstić information content (AvgIpc) is 1.43. The van der Waals surface area contributed by atoms with Crippen LogP contribution in [0.3, 0.4) is 0 Å². The molecule has 84 heavy (non-hydrogen) atoms. The minimum atomic E-state index is -1.26. The van der Waals surface area contributed by atoms with E-state index in [1.54, 1.807) is 67.6 Å². The van der Waals surface area contributed by atoms with Gasteiger partial charge in [0.2, 0.25) is 0 Å². The molecule has 11 rings (SSSR count). The molecule has 7 aromatic rings. The molecule has 0 spiro atoms. The van der Waals surface area contributed by atoms with Crippen LogP contribution in [0.15, 0.2) is 129 Å². The van der Waals surface area contributed by atoms with Gasteiger partial charge in [0.15, 0.2) is 0 Å². The summed E-state index contributed by atoms with van der Waals surface area (Å²) < 4.78 is 33.0. The third kappa shape index (κ3) is 8.84. The van der Waals surface area contributed by atoms with Crippen molar-refractivity contribution in [2.45, 2.75) is 167 Å². The topological polar surface area (TPSA) is 220 Å². The maximum absolute atomic E-state index is 13.7. The number of fused-ring (bicyclic) bond motifs is 4. The van der Waals surface area contributed by atoms with Crippen LogP contribution in [0.4, 0.5) is 0 Å². The molecule has 4 aliphatic rings. The van der Waals surface area contributed by atoms with Gasteiger partial charge < -0.3 is 63.6 Å². The van der Waals surface area contributed by atoms with Crippen LogP contribution in [0.5, 0.6) is 46.0 Å². The summed E-state index contributed by atoms with van der Waals surface area (Å²) in [6.07, 6.45) is 15.4. The highest BCUT2D eigenvalue weighted by Gasteiger charge is 2.61. The smallest absolute Gasteiger partial charge is 0.127 e. The van der Waals surface area contributed by atoms with Crippen molar-refractivity contribution < 1.29 is 63.6 Å². The molecule has 4 bridgehead atoms. The highest BCUT2D eigenvalue weighted by atomic mass is 16.5. The van der Waals surface area contributed by atoms with E-state index in [-0.39, 0.29) is 132 Å². The van der Waals surface area contributed by atoms with Crippen molar-refractivity contribution in [1.29, 1.82) is 0 Å². The van der Waals surface area contributed by atoms with Gasteiger partial charge in [-0.25, -0.2) is 0 Å². The average molecular weight is 1140 g/mol. The van der Waals surface area contributed by atoms with Crippen LogP contribution in [0, 0.1) is 36.0 Å². The van der Waals surface area contributed by atoms with E-state index in [1.807, 2.05) is 60.6 Å². The van der Waals surface area contributed by atoms with Crippen LogP contribution >= 0.6 is 0 Å². The Bertz CT molecular complexity index is 3630. The van der Waals surface area contributed by atoms with Gasteiger partial charge in [0.1, 0.15) is 68.9 Å². The molecule has 13 atom stereocenters. The van der Waals surface area contributed by atoms with E-state index in [1.165, 1.54) is 30.9 Å². The van der Waals surface area contributed by atoms with Crippen LogP contribution < -0.4 is 0 Å². The molecule has 0 aliphatic carbocycles. The van der Waals surface area contributed by atoms with Gasteiger partial charge in [0, 0.05) is 50.4 Å². The highest BCUT2D eigenvalue weighted by Crippen LogP contribution is 2.65. The summed E-state index contributed by atoms with van der Waals surface area (Å²) in [5, 5.41) is 104. The number of phenols is 8. The van der Waals surface area contributed by atoms with Crippen LogP contribution in [0.25, 0.3) is 0 Å². The lowest BCUT2D eigenvalue weighted by Crippen LogP contribution is -2.42. The van der Waals surface area contributed by atoms with Gasteiger partial charge in [-0.2, -0.15) is 0 Å². The summed E-state index contributed by atoms with van der Waals surface area (Å²) in [6, 6.07) is 20.0. The molecule has 2 saturated heterocycles. The molecule has 7 heterocycles. The molecular weight excluding hydrogens is 1060 g/mol. The van der Waals surface area contributed by atoms with Crippen molar-refractivity contribution in [3.63, 3.8) is 0 Å². The van der Waals surface area contributed by atoms with Crippen LogP contribution in [0.1, 0.15) is 204 Å². The van der Waals surface area contributed by atoms with E-state index in [0.29, 0.717) is 23.3 Å². The molecule has 4 aromatic carbocycles. The summed E-state index contributed by atoms with van der Waals surface area (Å²) in [4.78, 5) is 0. The highest BCUT2D eigenvalue weighted by molar-refractivity contribution is 5.70. The Morgan fingerprint density at radius 2 is 0.976 bits per heavy atom. The van der Waals surface area contributed by atoms with Crippen LogP contribution in [0.2, 0.25) is 0 Å². The number of hydrogen-bond donors (Lipinski definition) is 8. The van der Waals surface area contributed by atoms with Crippen molar-refractivity contribution in [2.75, 3.05) is 0 Å². The summed E-state index contributed by atoms with van der Waals surface area (Å²) in [5.74, 6) is -6.14. The molecule has 3 aromatic heterocycles. The third-order valence-corrected chi connectivity index (χ3v) is 19.8. The summed E-state index contributed by atoms with van der Waals surface area (Å²) >= 11 is 0. The molecule has 0 amide bonds. The molecule has 444 valence electrons. The van der Waals surface area contributed by atoms with E-state index in [0.717, 1.165) is 19.3 Å². The van der Waals surface area contributed by atoms with Crippen molar-refractivity contribution in [1.82, 2.24) is 0 Å². The quantitative estimate of drug-likeness (QED) is 0.0398. The maximum Gasteiger partial charge on any atom is 0.127 e. The Labute approximate surface area is 492 Å². The molecule has 13 nitrogen and oxygen atoms in total. The first-order valence-corrected chi connectivity index (χ1v) is 30.0. The summed E-state index contributed by atoms with van der Waals surface area (Å²) in [5.41, 5.74) is -1.71. The zero-order valence-electron chi connectivity index (χ0n) is 50.3. The molecule has 8 N–H and O–H groups in total. The molecule has 13 unspecified atom stereocenters. The molecule has 13 heteroatoms. The molecular formula is C71H82O13. The van der Waals surface area contributed by atoms with Crippen molar-refractivity contribution in [2.24, 2.45) is 29.1 Å². The Hall–Kier alpha value is -7.48. The molecule has 0 radical (unpaired) electrons. The Morgan fingerprint density at radius 3 is 1.52 bits per heavy atom. The van der Waals surface area contributed by atoms with Crippen LogP contribution in [-0.2, 0) is 14.9 Å². The second-order valence-corrected chi connectivity index (χ2v) is 26.3. The zero-order chi connectivity index (χ0) is 60.3. The van der Waals surface area contributed by atoms with E-state index in [2.05, 4.69) is 39.8 Å². The number of aromatic hydroxyl groups is 8. The zero-order valence-corrected chi connectivity index (χ0v) is 50.3. The number of phenolic OH excluding ortho intramolecular Hbond substituents is 8. The maximum atomic E-state index is 13.7. The predicted molar refractivity (Wildman–Crippen MR) is 321 cm³/mol. The first kappa shape index (κ1) is 58.3. The standard InChI is InChI=1S/C71H82O13/c1-13-38-44(15-3)70(29-27-49(38)83-70)37(6)54-47(72)26-24-40(63(54)75)56(52-21-18-32-81-52)58-64(76)42(35-46(67(58)79)68(7,8)9)55(51-20-17-31-80-51)41-34-43(66(78)59(65(41)77)61(69(10,11)12)53-22-19-33-82-53)60(57-48(73)25-23-36(5)62(57)74)71-30-28-50(84-71)39(14-2)45(71)16-4/h17-35,37-39,44-45,49-50,55-56,60-61,72-79H,13-16H2,1-12H3. The second kappa shape index (κ2) is 21.2. The van der Waals surface area contributed by atoms with E-state index in [9.17, 15) is 40.9 Å². The van der Waals surface area contributed by atoms with Crippen molar-refractivity contribution in [3.8, 4) is 46.0 Å². The summed E-state index contributed by atoms with van der Waals surface area (Å²) in [7, 11) is 0. The van der Waals surface area contributed by atoms with Gasteiger partial charge in [-0.3, -0.25) is 0 Å². The molecule has 2 fully saturated rings. The van der Waals surface area contributed by atoms with Gasteiger partial charge in [-0.15, -0.1) is 0 Å². The lowest BCUT2D eigenvalue weighted by Gasteiger charge is -2.42. The van der Waals surface area contributed by atoms with Crippen molar-refractivity contribution >= 4 is 0 Å². The monoisotopic (exact) mass is 1140 g/mol. The number of ether oxygens (including phenoxy) is 2. The fourth-order valence-electron chi connectivity index (χ4n) is 16.0. The number of rotatable bonds is 17. The Kier molecular flexibility index (Phi) is 14.7. The third-order valence-electron chi connectivity index (χ3n) is 19.8. The molecule has 4 aliphatic heterocycles. The first-order valence-electron chi connectivity index (χ1n) is 30.0. The number of hydrogen-bond acceptors (Lipinski definition) is 13. The minimum Gasteiger partial charge on any atom is -0.508 e. The minimum absolute atomic E-state index is 0.0387. The summed E-state index contributed by atoms with van der Waals surface area (Å²) in [6.45, 7) is 23.9. The number of benzene rings is 4. The van der Waals surface area contributed by atoms with Gasteiger partial charge >= 0.3 is 0 Å². The Balaban J connectivity index is 1.23. The van der Waals surface area contributed by atoms with Gasteiger partial charge in [-0.1, -0.05) is 125 Å². The first-order chi connectivity index (χ1) is 39.9. The molecule has 0 saturated carbocycles. The van der Waals surface area contributed by atoms with Gasteiger partial charge in [0.05, 0.1) is 65.8 Å². The van der Waals surface area contributed by atoms with E-state index in [4.69, 9.17) is 22.7 Å². The van der Waals surface area contributed by atoms with Gasteiger partial charge in [-0.05, 0) is 120 Å².